The summed E-state index contributed by atoms with van der Waals surface area (Å²) in [5.41, 5.74) is 8.15. The Morgan fingerprint density at radius 3 is 2.52 bits per heavy atom. The minimum Gasteiger partial charge on any atom is -0.454 e. The summed E-state index contributed by atoms with van der Waals surface area (Å²) in [5, 5.41) is 0. The van der Waals surface area contributed by atoms with E-state index in [4.69, 9.17) is 19.9 Å². The fourth-order valence-electron chi connectivity index (χ4n) is 3.63. The van der Waals surface area contributed by atoms with E-state index in [0.717, 1.165) is 6.54 Å². The van der Waals surface area contributed by atoms with E-state index in [9.17, 15) is 8.78 Å². The highest BCUT2D eigenvalue weighted by molar-refractivity contribution is 5.85. The zero-order chi connectivity index (χ0) is 18.1. The summed E-state index contributed by atoms with van der Waals surface area (Å²) >= 11 is 0. The Hall–Kier alpha value is -2.09. The van der Waals surface area contributed by atoms with Crippen LogP contribution >= 0.6 is 12.4 Å². The number of hydrogen-bond acceptors (Lipinski definition) is 5. The SMILES string of the molecule is Cl.N[C@@H]1CN(Cc2cc3c(cc2OC(F)F)OCO3)C[C@H]1c1ccccc1. The van der Waals surface area contributed by atoms with Gasteiger partial charge in [0.25, 0.3) is 0 Å². The van der Waals surface area contributed by atoms with Crippen LogP contribution in [0.1, 0.15) is 17.0 Å². The lowest BCUT2D eigenvalue weighted by Gasteiger charge is -2.19. The molecule has 2 aromatic carbocycles. The average molecular weight is 399 g/mol. The molecule has 0 aliphatic carbocycles. The second-order valence-corrected chi connectivity index (χ2v) is 6.57. The molecule has 2 atom stereocenters. The highest BCUT2D eigenvalue weighted by Gasteiger charge is 2.32. The van der Waals surface area contributed by atoms with Crippen LogP contribution < -0.4 is 19.9 Å². The molecule has 0 unspecified atom stereocenters. The van der Waals surface area contributed by atoms with Crippen molar-refractivity contribution in [3.63, 3.8) is 0 Å². The normalized spacial score (nSPS) is 21.3. The highest BCUT2D eigenvalue weighted by Crippen LogP contribution is 2.40. The van der Waals surface area contributed by atoms with Gasteiger partial charge in [0.1, 0.15) is 5.75 Å². The fourth-order valence-corrected chi connectivity index (χ4v) is 3.63. The number of rotatable bonds is 5. The molecule has 8 heteroatoms. The Morgan fingerprint density at radius 1 is 1.11 bits per heavy atom. The number of fused-ring (bicyclic) bond motifs is 1. The number of ether oxygens (including phenoxy) is 3. The minimum atomic E-state index is -2.90. The first kappa shape index (κ1) is 19.7. The monoisotopic (exact) mass is 398 g/mol. The molecule has 0 aromatic heterocycles. The summed E-state index contributed by atoms with van der Waals surface area (Å²) in [6.07, 6.45) is 0. The first-order valence-corrected chi connectivity index (χ1v) is 8.50. The van der Waals surface area contributed by atoms with Crippen LogP contribution in [0.25, 0.3) is 0 Å². The fraction of sp³-hybridized carbons (Fsp3) is 0.368. The van der Waals surface area contributed by atoms with Gasteiger partial charge in [0.05, 0.1) is 0 Å². The third-order valence-corrected chi connectivity index (χ3v) is 4.83. The average Bonchev–Trinajstić information content (AvgIpc) is 3.21. The number of likely N-dealkylation sites (tertiary alicyclic amines) is 1. The summed E-state index contributed by atoms with van der Waals surface area (Å²) in [7, 11) is 0. The zero-order valence-corrected chi connectivity index (χ0v) is 15.3. The van der Waals surface area contributed by atoms with E-state index in [-0.39, 0.29) is 36.9 Å². The Morgan fingerprint density at radius 2 is 1.81 bits per heavy atom. The molecule has 0 saturated carbocycles. The van der Waals surface area contributed by atoms with E-state index in [2.05, 4.69) is 17.0 Å². The standard InChI is InChI=1S/C19H20F2N2O3.ClH/c20-19(21)26-16-7-18-17(24-11-25-18)6-13(16)8-23-9-14(15(22)10-23)12-4-2-1-3-5-12;/h1-7,14-15,19H,8-11,22H2;1H/t14-,15+;/m0./s1. The van der Waals surface area contributed by atoms with E-state index in [1.807, 2.05) is 18.2 Å². The maximum atomic E-state index is 12.8. The van der Waals surface area contributed by atoms with Crippen LogP contribution in [0.4, 0.5) is 8.78 Å². The quantitative estimate of drug-likeness (QED) is 0.837. The second-order valence-electron chi connectivity index (χ2n) is 6.57. The number of alkyl halides is 2. The summed E-state index contributed by atoms with van der Waals surface area (Å²) in [4.78, 5) is 2.15. The van der Waals surface area contributed by atoms with Crippen LogP contribution in [0.15, 0.2) is 42.5 Å². The van der Waals surface area contributed by atoms with Crippen molar-refractivity contribution in [2.75, 3.05) is 19.9 Å². The van der Waals surface area contributed by atoms with Crippen LogP contribution in [0.2, 0.25) is 0 Å². The summed E-state index contributed by atoms with van der Waals surface area (Å²) in [5.74, 6) is 1.29. The van der Waals surface area contributed by atoms with Gasteiger partial charge >= 0.3 is 6.61 Å². The minimum absolute atomic E-state index is 0. The molecule has 1 fully saturated rings. The summed E-state index contributed by atoms with van der Waals surface area (Å²) in [6.45, 7) is -0.921. The molecule has 5 nitrogen and oxygen atoms in total. The Kier molecular flexibility index (Phi) is 6.04. The molecule has 0 spiro atoms. The number of benzene rings is 2. The van der Waals surface area contributed by atoms with Crippen molar-refractivity contribution >= 4 is 12.4 Å². The molecule has 2 N–H and O–H groups in total. The lowest BCUT2D eigenvalue weighted by atomic mass is 9.95. The molecule has 1 saturated heterocycles. The smallest absolute Gasteiger partial charge is 0.387 e. The van der Waals surface area contributed by atoms with Crippen LogP contribution in [-0.4, -0.2) is 37.4 Å². The van der Waals surface area contributed by atoms with E-state index < -0.39 is 6.61 Å². The molecular formula is C19H21ClF2N2O3. The van der Waals surface area contributed by atoms with Gasteiger partial charge in [0, 0.05) is 43.2 Å². The molecule has 27 heavy (non-hydrogen) atoms. The van der Waals surface area contributed by atoms with Crippen LogP contribution in [-0.2, 0) is 6.54 Å². The molecule has 2 aliphatic heterocycles. The predicted octanol–water partition coefficient (Wildman–Crippen LogP) is 3.37. The summed E-state index contributed by atoms with van der Waals surface area (Å²) in [6, 6.07) is 13.3. The largest absolute Gasteiger partial charge is 0.454 e. The van der Waals surface area contributed by atoms with Gasteiger partial charge in [-0.2, -0.15) is 8.78 Å². The zero-order valence-electron chi connectivity index (χ0n) is 14.5. The van der Waals surface area contributed by atoms with Crippen molar-refractivity contribution in [1.82, 2.24) is 4.90 Å². The van der Waals surface area contributed by atoms with Gasteiger partial charge < -0.3 is 19.9 Å². The van der Waals surface area contributed by atoms with Gasteiger partial charge in [-0.25, -0.2) is 0 Å². The molecule has 0 amide bonds. The maximum Gasteiger partial charge on any atom is 0.387 e. The maximum absolute atomic E-state index is 12.8. The topological polar surface area (TPSA) is 57.0 Å². The number of nitrogens with zero attached hydrogens (tertiary/aromatic N) is 1. The number of halogens is 3. The molecule has 2 aliphatic rings. The van der Waals surface area contributed by atoms with E-state index in [1.165, 1.54) is 11.6 Å². The lowest BCUT2D eigenvalue weighted by molar-refractivity contribution is -0.0508. The molecule has 0 bridgehead atoms. The lowest BCUT2D eigenvalue weighted by Crippen LogP contribution is -2.28. The van der Waals surface area contributed by atoms with Crippen LogP contribution in [0, 0.1) is 0 Å². The highest BCUT2D eigenvalue weighted by atomic mass is 35.5. The number of hydrogen-bond donors (Lipinski definition) is 1. The van der Waals surface area contributed by atoms with Gasteiger partial charge in [-0.05, 0) is 11.6 Å². The molecule has 4 rings (SSSR count). The van der Waals surface area contributed by atoms with Gasteiger partial charge in [0.2, 0.25) is 6.79 Å². The Bertz CT molecular complexity index is 779. The van der Waals surface area contributed by atoms with Crippen molar-refractivity contribution < 1.29 is 23.0 Å². The predicted molar refractivity (Wildman–Crippen MR) is 98.9 cm³/mol. The third-order valence-electron chi connectivity index (χ3n) is 4.83. The first-order chi connectivity index (χ1) is 12.6. The Balaban J connectivity index is 0.00000210. The second kappa shape index (κ2) is 8.29. The van der Waals surface area contributed by atoms with Crippen molar-refractivity contribution in [2.24, 2.45) is 5.73 Å². The summed E-state index contributed by atoms with van der Waals surface area (Å²) < 4.78 is 40.9. The molecular weight excluding hydrogens is 378 g/mol. The molecule has 0 radical (unpaired) electrons. The van der Waals surface area contributed by atoms with Gasteiger partial charge in [-0.15, -0.1) is 12.4 Å². The Labute approximate surface area is 162 Å². The third kappa shape index (κ3) is 4.26. The van der Waals surface area contributed by atoms with Crippen molar-refractivity contribution in [3.8, 4) is 17.2 Å². The van der Waals surface area contributed by atoms with Crippen LogP contribution in [0.3, 0.4) is 0 Å². The van der Waals surface area contributed by atoms with E-state index >= 15 is 0 Å². The molecule has 146 valence electrons. The van der Waals surface area contributed by atoms with Crippen molar-refractivity contribution in [1.29, 1.82) is 0 Å². The van der Waals surface area contributed by atoms with Crippen LogP contribution in [0.5, 0.6) is 17.2 Å². The van der Waals surface area contributed by atoms with Gasteiger partial charge in [-0.3, -0.25) is 4.90 Å². The van der Waals surface area contributed by atoms with Crippen molar-refractivity contribution in [2.45, 2.75) is 25.1 Å². The molecule has 2 heterocycles. The van der Waals surface area contributed by atoms with E-state index in [0.29, 0.717) is 30.2 Å². The van der Waals surface area contributed by atoms with Gasteiger partial charge in [0.15, 0.2) is 11.5 Å². The van der Waals surface area contributed by atoms with Crippen molar-refractivity contribution in [3.05, 3.63) is 53.6 Å². The molecule has 2 aromatic rings. The van der Waals surface area contributed by atoms with E-state index in [1.54, 1.807) is 6.07 Å². The van der Waals surface area contributed by atoms with Gasteiger partial charge in [-0.1, -0.05) is 30.3 Å². The first-order valence-electron chi connectivity index (χ1n) is 8.50. The number of nitrogens with two attached hydrogens (primary N) is 1.